The molecule has 0 atom stereocenters. The first-order valence-corrected chi connectivity index (χ1v) is 4.03. The van der Waals surface area contributed by atoms with E-state index in [1.165, 1.54) is 5.56 Å². The molecule has 0 aliphatic carbocycles. The maximum Gasteiger partial charge on any atom is 0.0343 e. The molecule has 0 aliphatic heterocycles. The third kappa shape index (κ3) is 3.08. The molecule has 0 bridgehead atoms. The van der Waals surface area contributed by atoms with E-state index < -0.39 is 0 Å². The maximum absolute atomic E-state index is 5.59. The fourth-order valence-corrected chi connectivity index (χ4v) is 0.826. The molecule has 1 heteroatoms. The van der Waals surface area contributed by atoms with Crippen molar-refractivity contribution >= 4 is 5.69 Å². The van der Waals surface area contributed by atoms with Crippen LogP contribution < -0.4 is 5.73 Å². The number of hydrogen-bond donors (Lipinski definition) is 1. The molecule has 0 heterocycles. The van der Waals surface area contributed by atoms with Gasteiger partial charge in [0.25, 0.3) is 0 Å². The van der Waals surface area contributed by atoms with Crippen molar-refractivity contribution in [2.75, 3.05) is 5.73 Å². The van der Waals surface area contributed by atoms with E-state index in [0.717, 1.165) is 11.3 Å². The molecule has 0 spiro atoms. The molecular weight excluding hydrogens is 134 g/mol. The van der Waals surface area contributed by atoms with E-state index in [4.69, 9.17) is 5.73 Å². The molecule has 62 valence electrons. The van der Waals surface area contributed by atoms with Crippen LogP contribution in [0.5, 0.6) is 0 Å². The van der Waals surface area contributed by atoms with Crippen molar-refractivity contribution in [1.82, 2.24) is 0 Å². The van der Waals surface area contributed by atoms with Gasteiger partial charge in [-0.25, -0.2) is 0 Å². The molecular formula is C10H17N. The fraction of sp³-hybridized carbons (Fsp3) is 0.400. The Hall–Kier alpha value is -0.980. The Labute approximate surface area is 69.2 Å². The molecule has 0 radical (unpaired) electrons. The van der Waals surface area contributed by atoms with Gasteiger partial charge in [0.05, 0.1) is 0 Å². The zero-order valence-electron chi connectivity index (χ0n) is 7.81. The minimum Gasteiger partial charge on any atom is -0.399 e. The second-order valence-electron chi connectivity index (χ2n) is 2.36. The van der Waals surface area contributed by atoms with Gasteiger partial charge in [0.15, 0.2) is 0 Å². The van der Waals surface area contributed by atoms with Gasteiger partial charge in [-0.3, -0.25) is 0 Å². The third-order valence-corrected chi connectivity index (χ3v) is 1.43. The lowest BCUT2D eigenvalue weighted by Crippen LogP contribution is -1.88. The normalized spacial score (nSPS) is 8.36. The van der Waals surface area contributed by atoms with Crippen LogP contribution in [0.1, 0.15) is 25.0 Å². The molecule has 11 heavy (non-hydrogen) atoms. The van der Waals surface area contributed by atoms with E-state index in [1.807, 2.05) is 32.9 Å². The summed E-state index contributed by atoms with van der Waals surface area (Å²) in [6.07, 6.45) is 0. The summed E-state index contributed by atoms with van der Waals surface area (Å²) in [6.45, 7) is 8.08. The van der Waals surface area contributed by atoms with Crippen molar-refractivity contribution in [3.63, 3.8) is 0 Å². The third-order valence-electron chi connectivity index (χ3n) is 1.43. The van der Waals surface area contributed by atoms with Crippen molar-refractivity contribution in [2.24, 2.45) is 0 Å². The zero-order chi connectivity index (χ0) is 8.85. The summed E-state index contributed by atoms with van der Waals surface area (Å²) in [7, 11) is 0. The number of rotatable bonds is 0. The summed E-state index contributed by atoms with van der Waals surface area (Å²) in [5.74, 6) is 0. The van der Waals surface area contributed by atoms with Crippen LogP contribution in [0, 0.1) is 13.8 Å². The summed E-state index contributed by atoms with van der Waals surface area (Å²) < 4.78 is 0. The van der Waals surface area contributed by atoms with Gasteiger partial charge in [-0.05, 0) is 25.5 Å². The first kappa shape index (κ1) is 10.0. The summed E-state index contributed by atoms with van der Waals surface area (Å²) in [4.78, 5) is 0. The average Bonchev–Trinajstić information content (AvgIpc) is 2.02. The van der Waals surface area contributed by atoms with Crippen molar-refractivity contribution < 1.29 is 0 Å². The van der Waals surface area contributed by atoms with Gasteiger partial charge < -0.3 is 5.73 Å². The molecule has 0 amide bonds. The Bertz CT molecular complexity index is 216. The van der Waals surface area contributed by atoms with Gasteiger partial charge in [-0.2, -0.15) is 0 Å². The monoisotopic (exact) mass is 151 g/mol. The van der Waals surface area contributed by atoms with E-state index in [0.29, 0.717) is 0 Å². The number of aryl methyl sites for hydroxylation is 2. The van der Waals surface area contributed by atoms with E-state index in [1.54, 1.807) is 0 Å². The number of benzene rings is 1. The van der Waals surface area contributed by atoms with Gasteiger partial charge in [-0.15, -0.1) is 0 Å². The van der Waals surface area contributed by atoms with Crippen LogP contribution in [-0.2, 0) is 0 Å². The molecule has 1 nitrogen and oxygen atoms in total. The van der Waals surface area contributed by atoms with E-state index in [2.05, 4.69) is 13.0 Å². The topological polar surface area (TPSA) is 26.0 Å². The highest BCUT2D eigenvalue weighted by atomic mass is 14.5. The lowest BCUT2D eigenvalue weighted by Gasteiger charge is -1.98. The van der Waals surface area contributed by atoms with Gasteiger partial charge in [0, 0.05) is 5.69 Å². The van der Waals surface area contributed by atoms with Crippen LogP contribution in [0.3, 0.4) is 0 Å². The lowest BCUT2D eigenvalue weighted by molar-refractivity contribution is 1.39. The number of hydrogen-bond acceptors (Lipinski definition) is 1. The maximum atomic E-state index is 5.59. The Morgan fingerprint density at radius 1 is 1.09 bits per heavy atom. The highest BCUT2D eigenvalue weighted by Crippen LogP contribution is 2.10. The van der Waals surface area contributed by atoms with Gasteiger partial charge >= 0.3 is 0 Å². The summed E-state index contributed by atoms with van der Waals surface area (Å²) >= 11 is 0. The smallest absolute Gasteiger partial charge is 0.0343 e. The molecule has 0 aromatic heterocycles. The predicted octanol–water partition coefficient (Wildman–Crippen LogP) is 2.91. The highest BCUT2D eigenvalue weighted by Gasteiger charge is 1.89. The minimum absolute atomic E-state index is 0.876. The summed E-state index contributed by atoms with van der Waals surface area (Å²) in [6, 6.07) is 6.03. The Morgan fingerprint density at radius 2 is 1.64 bits per heavy atom. The van der Waals surface area contributed by atoms with Gasteiger partial charge in [0.2, 0.25) is 0 Å². The molecule has 1 aromatic rings. The Kier molecular flexibility index (Phi) is 4.35. The van der Waals surface area contributed by atoms with Gasteiger partial charge in [0.1, 0.15) is 0 Å². The van der Waals surface area contributed by atoms with Crippen LogP contribution in [0.2, 0.25) is 0 Å². The van der Waals surface area contributed by atoms with Crippen molar-refractivity contribution in [1.29, 1.82) is 0 Å². The molecule has 0 saturated heterocycles. The van der Waals surface area contributed by atoms with Crippen LogP contribution in [0.25, 0.3) is 0 Å². The van der Waals surface area contributed by atoms with Crippen LogP contribution in [0.15, 0.2) is 18.2 Å². The highest BCUT2D eigenvalue weighted by molar-refractivity contribution is 5.47. The second-order valence-corrected chi connectivity index (χ2v) is 2.36. The first-order chi connectivity index (χ1) is 5.20. The van der Waals surface area contributed by atoms with Crippen LogP contribution >= 0.6 is 0 Å². The van der Waals surface area contributed by atoms with Crippen LogP contribution in [-0.4, -0.2) is 0 Å². The molecule has 0 fully saturated rings. The standard InChI is InChI=1S/C8H11N.C2H6/c1-6-3-4-8(9)7(2)5-6;1-2/h3-5H,9H2,1-2H3;1-2H3. The largest absolute Gasteiger partial charge is 0.399 e. The van der Waals surface area contributed by atoms with Crippen molar-refractivity contribution in [3.05, 3.63) is 29.3 Å². The van der Waals surface area contributed by atoms with Crippen molar-refractivity contribution in [3.8, 4) is 0 Å². The predicted molar refractivity (Wildman–Crippen MR) is 51.7 cm³/mol. The number of nitrogen functional groups attached to an aromatic ring is 1. The molecule has 0 saturated carbocycles. The zero-order valence-corrected chi connectivity index (χ0v) is 7.81. The molecule has 2 N–H and O–H groups in total. The van der Waals surface area contributed by atoms with Gasteiger partial charge in [-0.1, -0.05) is 31.5 Å². The summed E-state index contributed by atoms with van der Waals surface area (Å²) in [5.41, 5.74) is 8.89. The molecule has 0 aliphatic rings. The van der Waals surface area contributed by atoms with Crippen LogP contribution in [0.4, 0.5) is 5.69 Å². The number of anilines is 1. The number of nitrogens with two attached hydrogens (primary N) is 1. The van der Waals surface area contributed by atoms with E-state index in [-0.39, 0.29) is 0 Å². The average molecular weight is 151 g/mol. The SMILES string of the molecule is CC.Cc1ccc(N)c(C)c1. The second kappa shape index (κ2) is 4.78. The summed E-state index contributed by atoms with van der Waals surface area (Å²) in [5, 5.41) is 0. The molecule has 0 unspecified atom stereocenters. The Balaban J connectivity index is 0.000000461. The first-order valence-electron chi connectivity index (χ1n) is 4.03. The van der Waals surface area contributed by atoms with Crippen molar-refractivity contribution in [2.45, 2.75) is 27.7 Å². The molecule has 1 aromatic carbocycles. The van der Waals surface area contributed by atoms with E-state index in [9.17, 15) is 0 Å². The Morgan fingerprint density at radius 3 is 2.00 bits per heavy atom. The minimum atomic E-state index is 0.876. The van der Waals surface area contributed by atoms with E-state index >= 15 is 0 Å². The fourth-order valence-electron chi connectivity index (χ4n) is 0.826. The molecule has 1 rings (SSSR count). The quantitative estimate of drug-likeness (QED) is 0.567. The lowest BCUT2D eigenvalue weighted by atomic mass is 10.1.